The van der Waals surface area contributed by atoms with E-state index in [-0.39, 0.29) is 11.9 Å². The Hall–Kier alpha value is -3.29. The van der Waals surface area contributed by atoms with E-state index in [1.165, 1.54) is 39.5 Å². The molecule has 0 aliphatic heterocycles. The molecule has 1 amide bonds. The fraction of sp³-hybridized carbons (Fsp3) is 0.263. The number of imidazole rings is 1. The topological polar surface area (TPSA) is 85.5 Å². The van der Waals surface area contributed by atoms with Gasteiger partial charge in [-0.2, -0.15) is 0 Å². The maximum absolute atomic E-state index is 13.3. The second-order valence-electron chi connectivity index (χ2n) is 5.90. The molecule has 0 radical (unpaired) electrons. The van der Waals surface area contributed by atoms with Crippen LogP contribution in [0.4, 0.5) is 4.39 Å². The number of halogens is 1. The van der Waals surface area contributed by atoms with Crippen LogP contribution in [0.2, 0.25) is 0 Å². The van der Waals surface area contributed by atoms with Crippen molar-refractivity contribution in [2.45, 2.75) is 13.0 Å². The monoisotopic (exact) mass is 373 g/mol. The van der Waals surface area contributed by atoms with Crippen molar-refractivity contribution in [2.24, 2.45) is 0 Å². The zero-order valence-corrected chi connectivity index (χ0v) is 15.4. The van der Waals surface area contributed by atoms with Crippen LogP contribution in [0.3, 0.4) is 0 Å². The molecule has 142 valence electrons. The third kappa shape index (κ3) is 3.64. The number of H-pyrrole nitrogens is 1. The Labute approximate surface area is 155 Å². The molecule has 0 aliphatic rings. The van der Waals surface area contributed by atoms with Gasteiger partial charge in [0.2, 0.25) is 5.75 Å². The molecule has 1 unspecified atom stereocenters. The summed E-state index contributed by atoms with van der Waals surface area (Å²) in [5.74, 6) is 0.757. The van der Waals surface area contributed by atoms with Gasteiger partial charge in [0.15, 0.2) is 17.3 Å². The Morgan fingerprint density at radius 3 is 2.37 bits per heavy atom. The van der Waals surface area contributed by atoms with Crippen LogP contribution in [-0.2, 0) is 0 Å². The van der Waals surface area contributed by atoms with Crippen molar-refractivity contribution in [2.75, 3.05) is 21.3 Å². The summed E-state index contributed by atoms with van der Waals surface area (Å²) in [6.45, 7) is 1.82. The van der Waals surface area contributed by atoms with Crippen LogP contribution in [0.1, 0.15) is 29.1 Å². The molecule has 27 heavy (non-hydrogen) atoms. The summed E-state index contributed by atoms with van der Waals surface area (Å²) in [7, 11) is 4.57. The van der Waals surface area contributed by atoms with Crippen molar-refractivity contribution in [1.82, 2.24) is 15.3 Å². The van der Waals surface area contributed by atoms with Crippen LogP contribution >= 0.6 is 0 Å². The Morgan fingerprint density at radius 1 is 1.11 bits per heavy atom. The van der Waals surface area contributed by atoms with E-state index in [4.69, 9.17) is 14.2 Å². The molecule has 0 bridgehead atoms. The van der Waals surface area contributed by atoms with Crippen molar-refractivity contribution in [3.05, 3.63) is 47.5 Å². The average molecular weight is 373 g/mol. The molecule has 2 aromatic carbocycles. The zero-order valence-electron chi connectivity index (χ0n) is 15.4. The number of amides is 1. The normalized spacial score (nSPS) is 11.9. The lowest BCUT2D eigenvalue weighted by Crippen LogP contribution is -2.27. The van der Waals surface area contributed by atoms with Gasteiger partial charge in [0.1, 0.15) is 5.82 Å². The molecular weight excluding hydrogens is 353 g/mol. The summed E-state index contributed by atoms with van der Waals surface area (Å²) in [5.41, 5.74) is 1.74. The van der Waals surface area contributed by atoms with Gasteiger partial charge in [-0.15, -0.1) is 0 Å². The summed E-state index contributed by atoms with van der Waals surface area (Å²) in [6.07, 6.45) is 0. The molecule has 0 saturated carbocycles. The number of nitrogens with zero attached hydrogens (tertiary/aromatic N) is 1. The summed E-state index contributed by atoms with van der Waals surface area (Å²) in [6, 6.07) is 7.27. The number of carbonyl (C=O) groups is 1. The SMILES string of the molecule is COc1cc(C(C)NC(=O)c2nc3ccc(F)cc3[nH]2)cc(OC)c1OC. The van der Waals surface area contributed by atoms with Crippen LogP contribution in [0, 0.1) is 5.82 Å². The molecule has 0 aliphatic carbocycles. The molecular formula is C19H20FN3O4. The van der Waals surface area contributed by atoms with Crippen molar-refractivity contribution in [3.8, 4) is 17.2 Å². The molecule has 1 atom stereocenters. The maximum atomic E-state index is 13.3. The quantitative estimate of drug-likeness (QED) is 0.693. The number of rotatable bonds is 6. The summed E-state index contributed by atoms with van der Waals surface area (Å²) in [4.78, 5) is 19.5. The van der Waals surface area contributed by atoms with E-state index >= 15 is 0 Å². The van der Waals surface area contributed by atoms with Crippen LogP contribution in [-0.4, -0.2) is 37.2 Å². The zero-order chi connectivity index (χ0) is 19.6. The second-order valence-corrected chi connectivity index (χ2v) is 5.90. The molecule has 8 heteroatoms. The average Bonchev–Trinajstić information content (AvgIpc) is 3.09. The first-order chi connectivity index (χ1) is 13.0. The first kappa shape index (κ1) is 18.5. The molecule has 0 fully saturated rings. The highest BCUT2D eigenvalue weighted by Gasteiger charge is 2.19. The van der Waals surface area contributed by atoms with Crippen LogP contribution in [0.15, 0.2) is 30.3 Å². The molecule has 0 spiro atoms. The number of carbonyl (C=O) groups excluding carboxylic acids is 1. The summed E-state index contributed by atoms with van der Waals surface area (Å²) in [5, 5.41) is 2.85. The second kappa shape index (κ2) is 7.53. The first-order valence-corrected chi connectivity index (χ1v) is 8.22. The van der Waals surface area contributed by atoms with Crippen molar-refractivity contribution in [1.29, 1.82) is 0 Å². The van der Waals surface area contributed by atoms with E-state index in [0.29, 0.717) is 28.3 Å². The molecule has 1 heterocycles. The van der Waals surface area contributed by atoms with Gasteiger partial charge in [-0.3, -0.25) is 4.79 Å². The lowest BCUT2D eigenvalue weighted by Gasteiger charge is -2.18. The number of ether oxygens (including phenoxy) is 3. The minimum Gasteiger partial charge on any atom is -0.493 e. The first-order valence-electron chi connectivity index (χ1n) is 8.22. The highest BCUT2D eigenvalue weighted by molar-refractivity contribution is 5.94. The van der Waals surface area contributed by atoms with Gasteiger partial charge >= 0.3 is 0 Å². The van der Waals surface area contributed by atoms with E-state index in [2.05, 4.69) is 15.3 Å². The smallest absolute Gasteiger partial charge is 0.287 e. The summed E-state index contributed by atoms with van der Waals surface area (Å²) < 4.78 is 29.3. The van der Waals surface area contributed by atoms with E-state index in [9.17, 15) is 9.18 Å². The predicted octanol–water partition coefficient (Wildman–Crippen LogP) is 3.22. The number of methoxy groups -OCH3 is 3. The maximum Gasteiger partial charge on any atom is 0.287 e. The number of fused-ring (bicyclic) bond motifs is 1. The van der Waals surface area contributed by atoms with Crippen molar-refractivity contribution in [3.63, 3.8) is 0 Å². The molecule has 3 rings (SSSR count). The van der Waals surface area contributed by atoms with E-state index in [1.54, 1.807) is 12.1 Å². The van der Waals surface area contributed by atoms with Gasteiger partial charge in [-0.05, 0) is 42.8 Å². The summed E-state index contributed by atoms with van der Waals surface area (Å²) >= 11 is 0. The Morgan fingerprint density at radius 2 is 1.78 bits per heavy atom. The molecule has 1 aromatic heterocycles. The number of nitrogens with one attached hydrogen (secondary N) is 2. The van der Waals surface area contributed by atoms with Crippen molar-refractivity contribution >= 4 is 16.9 Å². The lowest BCUT2D eigenvalue weighted by atomic mass is 10.1. The van der Waals surface area contributed by atoms with Gasteiger partial charge in [-0.1, -0.05) is 0 Å². The largest absolute Gasteiger partial charge is 0.493 e. The van der Waals surface area contributed by atoms with Crippen LogP contribution in [0.5, 0.6) is 17.2 Å². The van der Waals surface area contributed by atoms with E-state index in [1.807, 2.05) is 6.92 Å². The highest BCUT2D eigenvalue weighted by atomic mass is 19.1. The minimum atomic E-state index is -0.409. The lowest BCUT2D eigenvalue weighted by molar-refractivity contribution is 0.0930. The Bertz CT molecular complexity index is 961. The van der Waals surface area contributed by atoms with Gasteiger partial charge in [-0.25, -0.2) is 9.37 Å². The van der Waals surface area contributed by atoms with E-state index < -0.39 is 11.7 Å². The van der Waals surface area contributed by atoms with Crippen molar-refractivity contribution < 1.29 is 23.4 Å². The predicted molar refractivity (Wildman–Crippen MR) is 98.0 cm³/mol. The number of benzene rings is 2. The molecule has 0 saturated heterocycles. The number of aromatic nitrogens is 2. The molecule has 3 aromatic rings. The standard InChI is InChI=1S/C19H20FN3O4/c1-10(11-7-15(25-2)17(27-4)16(8-11)26-3)21-19(24)18-22-13-6-5-12(20)9-14(13)23-18/h5-10H,1-4H3,(H,21,24)(H,22,23). The Balaban J connectivity index is 1.85. The number of aromatic amines is 1. The minimum absolute atomic E-state index is 0.106. The van der Waals surface area contributed by atoms with Gasteiger partial charge in [0, 0.05) is 0 Å². The fourth-order valence-corrected chi connectivity index (χ4v) is 2.79. The van der Waals surface area contributed by atoms with Gasteiger partial charge in [0.05, 0.1) is 38.4 Å². The number of hydrogen-bond donors (Lipinski definition) is 2. The van der Waals surface area contributed by atoms with Gasteiger partial charge < -0.3 is 24.5 Å². The Kier molecular flexibility index (Phi) is 5.16. The molecule has 7 nitrogen and oxygen atoms in total. The highest BCUT2D eigenvalue weighted by Crippen LogP contribution is 2.39. The van der Waals surface area contributed by atoms with E-state index in [0.717, 1.165) is 5.56 Å². The number of hydrogen-bond acceptors (Lipinski definition) is 5. The van der Waals surface area contributed by atoms with Gasteiger partial charge in [0.25, 0.3) is 5.91 Å². The van der Waals surface area contributed by atoms with Crippen LogP contribution in [0.25, 0.3) is 11.0 Å². The fourth-order valence-electron chi connectivity index (χ4n) is 2.79. The molecule has 2 N–H and O–H groups in total. The van der Waals surface area contributed by atoms with Crippen LogP contribution < -0.4 is 19.5 Å². The third-order valence-corrected chi connectivity index (χ3v) is 4.19. The third-order valence-electron chi connectivity index (χ3n) is 4.19.